The van der Waals surface area contributed by atoms with Gasteiger partial charge in [0.25, 0.3) is 0 Å². The number of fused-ring (bicyclic) bond motifs is 1. The largest absolute Gasteiger partial charge is 0.481 e. The van der Waals surface area contributed by atoms with Crippen LogP contribution in [0.5, 0.6) is 5.75 Å². The standard InChI is InChI=1S/C21H19NO2S/c1-16-9-11-17(12-10-16)24-14-6-5-13-22(2)19-15-21(23)25-20-8-4-3-7-18(19)20/h3-4,7-12,15H,13-14H2,1-2H3. The first-order valence-electron chi connectivity index (χ1n) is 8.03. The molecule has 0 aliphatic rings. The average molecular weight is 349 g/mol. The van der Waals surface area contributed by atoms with Gasteiger partial charge in [-0.15, -0.1) is 0 Å². The molecule has 0 spiro atoms. The second-order valence-electron chi connectivity index (χ2n) is 5.76. The van der Waals surface area contributed by atoms with Gasteiger partial charge in [-0.05, 0) is 25.1 Å². The molecule has 3 nitrogen and oxygen atoms in total. The van der Waals surface area contributed by atoms with Crippen LogP contribution in [-0.2, 0) is 0 Å². The summed E-state index contributed by atoms with van der Waals surface area (Å²) in [5.74, 6) is 6.94. The maximum atomic E-state index is 11.9. The molecule has 3 rings (SSSR count). The van der Waals surface area contributed by atoms with E-state index in [0.717, 1.165) is 21.5 Å². The second-order valence-corrected chi connectivity index (χ2v) is 6.80. The maximum Gasteiger partial charge on any atom is 0.234 e. The summed E-state index contributed by atoms with van der Waals surface area (Å²) in [6.45, 7) is 2.93. The highest BCUT2D eigenvalue weighted by Gasteiger charge is 2.07. The number of nitrogens with zero attached hydrogens (tertiary/aromatic N) is 1. The monoisotopic (exact) mass is 349 g/mol. The molecule has 0 amide bonds. The fraction of sp³-hybridized carbons (Fsp3) is 0.190. The Morgan fingerprint density at radius 1 is 1.08 bits per heavy atom. The summed E-state index contributed by atoms with van der Waals surface area (Å²) in [5.41, 5.74) is 2.11. The Bertz CT molecular complexity index is 980. The lowest BCUT2D eigenvalue weighted by Gasteiger charge is -2.17. The zero-order valence-electron chi connectivity index (χ0n) is 14.3. The molecule has 1 heterocycles. The molecule has 0 aliphatic heterocycles. The summed E-state index contributed by atoms with van der Waals surface area (Å²) >= 11 is 1.27. The molecule has 0 atom stereocenters. The maximum absolute atomic E-state index is 11.9. The lowest BCUT2D eigenvalue weighted by atomic mass is 10.2. The van der Waals surface area contributed by atoms with Gasteiger partial charge in [-0.1, -0.05) is 59.1 Å². The zero-order valence-corrected chi connectivity index (χ0v) is 15.1. The van der Waals surface area contributed by atoms with E-state index in [4.69, 9.17) is 4.74 Å². The van der Waals surface area contributed by atoms with E-state index in [2.05, 4.69) is 11.8 Å². The lowest BCUT2D eigenvalue weighted by Crippen LogP contribution is -2.18. The van der Waals surface area contributed by atoms with Crippen LogP contribution in [0.15, 0.2) is 59.4 Å². The third-order valence-electron chi connectivity index (χ3n) is 3.81. The SMILES string of the molecule is Cc1ccc(OCC#CCN(C)c2cc(=O)sc3ccccc23)cc1. The molecule has 126 valence electrons. The van der Waals surface area contributed by atoms with Crippen molar-refractivity contribution in [2.24, 2.45) is 0 Å². The van der Waals surface area contributed by atoms with Gasteiger partial charge < -0.3 is 9.64 Å². The van der Waals surface area contributed by atoms with Gasteiger partial charge in [-0.3, -0.25) is 4.79 Å². The van der Waals surface area contributed by atoms with E-state index >= 15 is 0 Å². The molecule has 1 aromatic heterocycles. The topological polar surface area (TPSA) is 29.5 Å². The van der Waals surface area contributed by atoms with Crippen molar-refractivity contribution in [3.8, 4) is 17.6 Å². The first kappa shape index (κ1) is 17.1. The summed E-state index contributed by atoms with van der Waals surface area (Å²) in [4.78, 5) is 13.9. The van der Waals surface area contributed by atoms with E-state index in [1.165, 1.54) is 16.9 Å². The Morgan fingerprint density at radius 2 is 1.84 bits per heavy atom. The number of benzene rings is 2. The molecule has 0 bridgehead atoms. The lowest BCUT2D eigenvalue weighted by molar-refractivity contribution is 0.370. The molecule has 0 saturated carbocycles. The van der Waals surface area contributed by atoms with Gasteiger partial charge in [0.15, 0.2) is 0 Å². The van der Waals surface area contributed by atoms with Crippen molar-refractivity contribution < 1.29 is 4.74 Å². The Morgan fingerprint density at radius 3 is 2.64 bits per heavy atom. The third kappa shape index (κ3) is 4.40. The quantitative estimate of drug-likeness (QED) is 0.665. The molecule has 2 aromatic carbocycles. The fourth-order valence-corrected chi connectivity index (χ4v) is 3.29. The van der Waals surface area contributed by atoms with Crippen LogP contribution in [0.2, 0.25) is 0 Å². The fourth-order valence-electron chi connectivity index (χ4n) is 2.47. The predicted octanol–water partition coefficient (Wildman–Crippen LogP) is 4.09. The summed E-state index contributed by atoms with van der Waals surface area (Å²) < 4.78 is 6.64. The summed E-state index contributed by atoms with van der Waals surface area (Å²) in [7, 11) is 1.95. The first-order chi connectivity index (χ1) is 12.1. The van der Waals surface area contributed by atoms with E-state index in [1.807, 2.05) is 67.4 Å². The van der Waals surface area contributed by atoms with Crippen molar-refractivity contribution in [1.29, 1.82) is 0 Å². The van der Waals surface area contributed by atoms with Crippen LogP contribution in [0.3, 0.4) is 0 Å². The van der Waals surface area contributed by atoms with Gasteiger partial charge >= 0.3 is 0 Å². The van der Waals surface area contributed by atoms with Crippen molar-refractivity contribution >= 4 is 27.1 Å². The van der Waals surface area contributed by atoms with Crippen LogP contribution in [-0.4, -0.2) is 20.2 Å². The molecule has 0 aliphatic carbocycles. The number of hydrogen-bond donors (Lipinski definition) is 0. The Kier molecular flexibility index (Phi) is 5.37. The highest BCUT2D eigenvalue weighted by atomic mass is 32.1. The third-order valence-corrected chi connectivity index (χ3v) is 4.71. The van der Waals surface area contributed by atoms with Crippen LogP contribution in [0.25, 0.3) is 10.1 Å². The van der Waals surface area contributed by atoms with Crippen molar-refractivity contribution in [3.05, 3.63) is 69.7 Å². The van der Waals surface area contributed by atoms with Crippen molar-refractivity contribution in [2.45, 2.75) is 6.92 Å². The Hall–Kier alpha value is -2.77. The van der Waals surface area contributed by atoms with Gasteiger partial charge in [0.1, 0.15) is 12.4 Å². The number of rotatable bonds is 4. The average Bonchev–Trinajstić information content (AvgIpc) is 2.62. The Labute approximate surface area is 151 Å². The molecule has 0 fully saturated rings. The number of aryl methyl sites for hydroxylation is 1. The molecule has 0 radical (unpaired) electrons. The van der Waals surface area contributed by atoms with Crippen molar-refractivity contribution in [1.82, 2.24) is 0 Å². The minimum atomic E-state index is 0.0520. The minimum absolute atomic E-state index is 0.0520. The molecule has 25 heavy (non-hydrogen) atoms. The van der Waals surface area contributed by atoms with Crippen molar-refractivity contribution in [2.75, 3.05) is 25.1 Å². The van der Waals surface area contributed by atoms with E-state index < -0.39 is 0 Å². The second kappa shape index (κ2) is 7.87. The molecular weight excluding hydrogens is 330 g/mol. The zero-order chi connectivity index (χ0) is 17.6. The molecule has 0 N–H and O–H groups in total. The van der Waals surface area contributed by atoms with Crippen LogP contribution in [0, 0.1) is 18.8 Å². The first-order valence-corrected chi connectivity index (χ1v) is 8.84. The van der Waals surface area contributed by atoms with Gasteiger partial charge in [0.2, 0.25) is 4.74 Å². The molecule has 0 unspecified atom stereocenters. The predicted molar refractivity (Wildman–Crippen MR) is 106 cm³/mol. The van der Waals surface area contributed by atoms with Gasteiger partial charge in [0, 0.05) is 23.2 Å². The molecule has 4 heteroatoms. The van der Waals surface area contributed by atoms with Gasteiger partial charge in [0.05, 0.1) is 12.2 Å². The highest BCUT2D eigenvalue weighted by molar-refractivity contribution is 7.16. The van der Waals surface area contributed by atoms with E-state index in [1.54, 1.807) is 6.07 Å². The number of hydrogen-bond acceptors (Lipinski definition) is 4. The number of ether oxygens (including phenoxy) is 1. The summed E-state index contributed by atoms with van der Waals surface area (Å²) in [5, 5.41) is 1.08. The van der Waals surface area contributed by atoms with Crippen molar-refractivity contribution in [3.63, 3.8) is 0 Å². The Balaban J connectivity index is 1.64. The van der Waals surface area contributed by atoms with Crippen LogP contribution in [0.4, 0.5) is 5.69 Å². The van der Waals surface area contributed by atoms with E-state index in [0.29, 0.717) is 13.2 Å². The van der Waals surface area contributed by atoms with Crippen LogP contribution in [0.1, 0.15) is 5.56 Å². The number of anilines is 1. The molecular formula is C21H19NO2S. The highest BCUT2D eigenvalue weighted by Crippen LogP contribution is 2.26. The van der Waals surface area contributed by atoms with E-state index in [9.17, 15) is 4.79 Å². The summed E-state index contributed by atoms with van der Waals surface area (Å²) in [6.07, 6.45) is 0. The molecule has 0 saturated heterocycles. The summed E-state index contributed by atoms with van der Waals surface area (Å²) in [6, 6.07) is 17.5. The normalized spacial score (nSPS) is 10.2. The smallest absolute Gasteiger partial charge is 0.234 e. The van der Waals surface area contributed by atoms with Gasteiger partial charge in [-0.25, -0.2) is 0 Å². The minimum Gasteiger partial charge on any atom is -0.481 e. The van der Waals surface area contributed by atoms with Gasteiger partial charge in [-0.2, -0.15) is 0 Å². The van der Waals surface area contributed by atoms with E-state index in [-0.39, 0.29) is 4.74 Å². The van der Waals surface area contributed by atoms with Crippen LogP contribution < -0.4 is 14.4 Å². The van der Waals surface area contributed by atoms with Crippen LogP contribution >= 0.6 is 11.3 Å². The molecule has 3 aromatic rings.